The van der Waals surface area contributed by atoms with Crippen molar-refractivity contribution >= 4 is 16.0 Å². The minimum absolute atomic E-state index is 0.127. The lowest BCUT2D eigenvalue weighted by atomic mass is 9.86. The SMILES string of the molecule is CC(C)(C)c1noc(N[C@H]2CC[C@H](CNS(C)(=O)=O)CC2)n1. The van der Waals surface area contributed by atoms with Crippen molar-refractivity contribution in [2.75, 3.05) is 18.1 Å². The lowest BCUT2D eigenvalue weighted by Gasteiger charge is -2.28. The fraction of sp³-hybridized carbons (Fsp3) is 0.857. The van der Waals surface area contributed by atoms with E-state index in [1.54, 1.807) is 0 Å². The van der Waals surface area contributed by atoms with Crippen molar-refractivity contribution in [3.63, 3.8) is 0 Å². The highest BCUT2D eigenvalue weighted by molar-refractivity contribution is 7.88. The van der Waals surface area contributed by atoms with E-state index in [1.807, 2.05) is 20.8 Å². The fourth-order valence-corrected chi connectivity index (χ4v) is 3.08. The Balaban J connectivity index is 1.79. The Hall–Kier alpha value is -1.15. The van der Waals surface area contributed by atoms with E-state index in [9.17, 15) is 8.42 Å². The molecule has 1 aromatic rings. The van der Waals surface area contributed by atoms with Crippen LogP contribution in [0.4, 0.5) is 6.01 Å². The molecule has 0 radical (unpaired) electrons. The summed E-state index contributed by atoms with van der Waals surface area (Å²) in [5, 5.41) is 7.29. The molecule has 8 heteroatoms. The predicted octanol–water partition coefficient (Wildman–Crippen LogP) is 1.89. The quantitative estimate of drug-likeness (QED) is 0.855. The van der Waals surface area contributed by atoms with Crippen LogP contribution >= 0.6 is 0 Å². The normalized spacial score (nSPS) is 23.5. The topological polar surface area (TPSA) is 97.1 Å². The zero-order valence-electron chi connectivity index (χ0n) is 13.7. The molecule has 1 aliphatic rings. The van der Waals surface area contributed by atoms with Crippen LogP contribution in [0, 0.1) is 5.92 Å². The second-order valence-corrected chi connectivity index (χ2v) is 8.99. The van der Waals surface area contributed by atoms with Crippen molar-refractivity contribution in [3.8, 4) is 0 Å². The number of aromatic nitrogens is 2. The molecular weight excluding hydrogens is 304 g/mol. The number of sulfonamides is 1. The molecule has 1 aliphatic carbocycles. The first kappa shape index (κ1) is 17.2. The molecule has 0 aliphatic heterocycles. The Kier molecular flexibility index (Phi) is 5.11. The number of nitrogens with one attached hydrogen (secondary N) is 2. The van der Waals surface area contributed by atoms with Gasteiger partial charge in [0.05, 0.1) is 6.26 Å². The second-order valence-electron chi connectivity index (χ2n) is 7.16. The highest BCUT2D eigenvalue weighted by Gasteiger charge is 2.25. The van der Waals surface area contributed by atoms with Crippen molar-refractivity contribution in [2.45, 2.75) is 57.9 Å². The Bertz CT molecular complexity index is 583. The fourth-order valence-electron chi connectivity index (χ4n) is 2.54. The first-order chi connectivity index (χ1) is 10.1. The highest BCUT2D eigenvalue weighted by Crippen LogP contribution is 2.27. The van der Waals surface area contributed by atoms with Crippen molar-refractivity contribution in [1.29, 1.82) is 0 Å². The lowest BCUT2D eigenvalue weighted by Crippen LogP contribution is -2.33. The monoisotopic (exact) mass is 330 g/mol. The van der Waals surface area contributed by atoms with E-state index in [1.165, 1.54) is 6.26 Å². The van der Waals surface area contributed by atoms with Crippen LogP contribution in [0.3, 0.4) is 0 Å². The molecule has 1 fully saturated rings. The van der Waals surface area contributed by atoms with Crippen LogP contribution in [-0.4, -0.2) is 37.4 Å². The average molecular weight is 330 g/mol. The summed E-state index contributed by atoms with van der Waals surface area (Å²) in [5.41, 5.74) is -0.127. The molecule has 2 rings (SSSR count). The third kappa shape index (κ3) is 5.24. The molecule has 0 unspecified atom stereocenters. The van der Waals surface area contributed by atoms with Crippen LogP contribution in [0.1, 0.15) is 52.3 Å². The van der Waals surface area contributed by atoms with Gasteiger partial charge in [-0.05, 0) is 31.6 Å². The van der Waals surface area contributed by atoms with Crippen LogP contribution in [-0.2, 0) is 15.4 Å². The van der Waals surface area contributed by atoms with Crippen molar-refractivity contribution in [3.05, 3.63) is 5.82 Å². The van der Waals surface area contributed by atoms with E-state index in [0.29, 0.717) is 30.3 Å². The first-order valence-corrected chi connectivity index (χ1v) is 9.58. The van der Waals surface area contributed by atoms with Crippen LogP contribution in [0.5, 0.6) is 0 Å². The molecule has 1 aromatic heterocycles. The second kappa shape index (κ2) is 6.54. The predicted molar refractivity (Wildman–Crippen MR) is 85.2 cm³/mol. The summed E-state index contributed by atoms with van der Waals surface area (Å²) < 4.78 is 30.1. The van der Waals surface area contributed by atoms with E-state index in [4.69, 9.17) is 4.52 Å². The summed E-state index contributed by atoms with van der Waals surface area (Å²) in [6.45, 7) is 6.66. The van der Waals surface area contributed by atoms with Crippen LogP contribution in [0.2, 0.25) is 0 Å². The molecule has 1 heterocycles. The Morgan fingerprint density at radius 1 is 1.23 bits per heavy atom. The van der Waals surface area contributed by atoms with E-state index in [2.05, 4.69) is 20.2 Å². The van der Waals surface area contributed by atoms with Crippen molar-refractivity contribution in [1.82, 2.24) is 14.9 Å². The van der Waals surface area contributed by atoms with Gasteiger partial charge < -0.3 is 9.84 Å². The summed E-state index contributed by atoms with van der Waals surface area (Å²) in [7, 11) is -3.10. The standard InChI is InChI=1S/C14H26N4O3S/c1-14(2,3)12-17-13(21-18-12)16-11-7-5-10(6-8-11)9-15-22(4,19)20/h10-11,15H,5-9H2,1-4H3,(H,16,17,18)/t10-,11-. The summed E-state index contributed by atoms with van der Waals surface area (Å²) >= 11 is 0. The molecule has 0 spiro atoms. The maximum atomic E-state index is 11.1. The molecule has 2 N–H and O–H groups in total. The maximum absolute atomic E-state index is 11.1. The number of hydrogen-bond acceptors (Lipinski definition) is 6. The molecule has 1 saturated carbocycles. The van der Waals surface area contributed by atoms with Crippen molar-refractivity contribution in [2.24, 2.45) is 5.92 Å². The van der Waals surface area contributed by atoms with Gasteiger partial charge in [-0.3, -0.25) is 0 Å². The van der Waals surface area contributed by atoms with Gasteiger partial charge in [-0.2, -0.15) is 4.98 Å². The van der Waals surface area contributed by atoms with Gasteiger partial charge >= 0.3 is 6.01 Å². The lowest BCUT2D eigenvalue weighted by molar-refractivity contribution is 0.329. The molecule has 126 valence electrons. The Morgan fingerprint density at radius 2 is 1.86 bits per heavy atom. The number of nitrogens with zero attached hydrogens (tertiary/aromatic N) is 2. The number of hydrogen-bond donors (Lipinski definition) is 2. The molecule has 0 amide bonds. The summed E-state index contributed by atoms with van der Waals surface area (Å²) in [6, 6.07) is 0.783. The average Bonchev–Trinajstić information content (AvgIpc) is 2.85. The summed E-state index contributed by atoms with van der Waals surface area (Å²) in [4.78, 5) is 4.38. The molecular formula is C14H26N4O3S. The van der Waals surface area contributed by atoms with E-state index in [0.717, 1.165) is 25.7 Å². The minimum atomic E-state index is -3.10. The molecule has 0 saturated heterocycles. The van der Waals surface area contributed by atoms with E-state index in [-0.39, 0.29) is 5.41 Å². The Morgan fingerprint density at radius 3 is 2.36 bits per heavy atom. The third-order valence-electron chi connectivity index (χ3n) is 3.91. The van der Waals surface area contributed by atoms with Gasteiger partial charge in [0.2, 0.25) is 10.0 Å². The van der Waals surface area contributed by atoms with Gasteiger partial charge in [-0.15, -0.1) is 0 Å². The van der Waals surface area contributed by atoms with Crippen LogP contribution in [0.15, 0.2) is 4.52 Å². The molecule has 0 atom stereocenters. The number of rotatable bonds is 5. The summed E-state index contributed by atoms with van der Waals surface area (Å²) in [5.74, 6) is 1.10. The largest absolute Gasteiger partial charge is 0.335 e. The van der Waals surface area contributed by atoms with E-state index < -0.39 is 10.0 Å². The van der Waals surface area contributed by atoms with Gasteiger partial charge in [0.15, 0.2) is 5.82 Å². The van der Waals surface area contributed by atoms with Gasteiger partial charge in [-0.1, -0.05) is 25.9 Å². The zero-order valence-corrected chi connectivity index (χ0v) is 14.5. The highest BCUT2D eigenvalue weighted by atomic mass is 32.2. The van der Waals surface area contributed by atoms with Gasteiger partial charge in [-0.25, -0.2) is 13.1 Å². The molecule has 22 heavy (non-hydrogen) atoms. The van der Waals surface area contributed by atoms with Gasteiger partial charge in [0.25, 0.3) is 0 Å². The van der Waals surface area contributed by atoms with Gasteiger partial charge in [0.1, 0.15) is 0 Å². The van der Waals surface area contributed by atoms with Gasteiger partial charge in [0, 0.05) is 18.0 Å². The third-order valence-corrected chi connectivity index (χ3v) is 4.60. The minimum Gasteiger partial charge on any atom is -0.335 e. The molecule has 0 aromatic carbocycles. The van der Waals surface area contributed by atoms with Crippen LogP contribution < -0.4 is 10.0 Å². The zero-order chi connectivity index (χ0) is 16.4. The molecule has 0 bridgehead atoms. The Labute approximate surface area is 132 Å². The summed E-state index contributed by atoms with van der Waals surface area (Å²) in [6.07, 6.45) is 5.12. The molecule has 7 nitrogen and oxygen atoms in total. The maximum Gasteiger partial charge on any atom is 0.321 e. The first-order valence-electron chi connectivity index (χ1n) is 7.69. The smallest absolute Gasteiger partial charge is 0.321 e. The van der Waals surface area contributed by atoms with Crippen molar-refractivity contribution < 1.29 is 12.9 Å². The number of anilines is 1. The van der Waals surface area contributed by atoms with E-state index >= 15 is 0 Å². The van der Waals surface area contributed by atoms with Crippen LogP contribution in [0.25, 0.3) is 0 Å².